The number of alkyl halides is 3. The number of aryl methyl sites for hydroxylation is 1. The van der Waals surface area contributed by atoms with Crippen LogP contribution in [-0.4, -0.2) is 50.1 Å². The molecule has 1 aliphatic carbocycles. The number of nitriles is 1. The quantitative estimate of drug-likeness (QED) is 0.246. The molecule has 1 atom stereocenters. The average Bonchev–Trinajstić information content (AvgIpc) is 3.81. The molecule has 13 heteroatoms. The van der Waals surface area contributed by atoms with Crippen molar-refractivity contribution in [2.75, 3.05) is 24.3 Å². The van der Waals surface area contributed by atoms with Gasteiger partial charge in [-0.2, -0.15) is 5.26 Å². The molecule has 46 heavy (non-hydrogen) atoms. The van der Waals surface area contributed by atoms with Gasteiger partial charge in [0.15, 0.2) is 0 Å². The van der Waals surface area contributed by atoms with E-state index in [2.05, 4.69) is 21.4 Å². The number of rotatable bonds is 9. The number of nitrogens with one attached hydrogen (secondary N) is 1. The number of halogens is 4. The summed E-state index contributed by atoms with van der Waals surface area (Å²) in [5, 5.41) is 13.4. The Hall–Kier alpha value is -3.85. The maximum absolute atomic E-state index is 16.0. The zero-order valence-electron chi connectivity index (χ0n) is 26.4. The lowest BCUT2D eigenvalue weighted by molar-refractivity contribution is -0.0885. The van der Waals surface area contributed by atoms with E-state index in [1.54, 1.807) is 33.8 Å². The molecule has 1 saturated carbocycles. The summed E-state index contributed by atoms with van der Waals surface area (Å²) >= 11 is 5.92. The van der Waals surface area contributed by atoms with E-state index < -0.39 is 46.4 Å². The second kappa shape index (κ2) is 12.7. The molecule has 5 rings (SSSR count). The fraction of sp³-hybridized carbons (Fsp3) is 0.545. The maximum Gasteiger partial charge on any atom is 0.410 e. The first-order valence-electron chi connectivity index (χ1n) is 15.5. The van der Waals surface area contributed by atoms with Gasteiger partial charge in [-0.15, -0.1) is 11.6 Å². The van der Waals surface area contributed by atoms with Crippen LogP contribution in [0, 0.1) is 23.1 Å². The fourth-order valence-corrected chi connectivity index (χ4v) is 6.15. The number of carbonyl (C=O) groups is 1. The van der Waals surface area contributed by atoms with Crippen molar-refractivity contribution in [1.29, 1.82) is 5.26 Å². The first kappa shape index (κ1) is 33.5. The van der Waals surface area contributed by atoms with Crippen molar-refractivity contribution in [2.24, 2.45) is 5.92 Å². The number of anilines is 1. The SMILES string of the molecule is C[C@@H](Nc1ncnc2c1cc(C1(C#N)CC1)c(=O)n2CCCCl)c1cccc(C(F)(F)C2CCN(C(=O)OC(C)(C)C)CC2)c1F. The van der Waals surface area contributed by atoms with E-state index >= 15 is 13.2 Å². The summed E-state index contributed by atoms with van der Waals surface area (Å²) in [5.74, 6) is -5.08. The van der Waals surface area contributed by atoms with Crippen LogP contribution in [0.1, 0.15) is 82.5 Å². The van der Waals surface area contributed by atoms with Gasteiger partial charge in [-0.05, 0) is 65.9 Å². The lowest BCUT2D eigenvalue weighted by atomic mass is 9.85. The van der Waals surface area contributed by atoms with E-state index in [1.807, 2.05) is 0 Å². The average molecular weight is 659 g/mol. The van der Waals surface area contributed by atoms with Crippen molar-refractivity contribution in [3.63, 3.8) is 0 Å². The molecule has 1 aliphatic heterocycles. The molecule has 2 aromatic heterocycles. The molecule has 1 amide bonds. The number of pyridine rings is 1. The van der Waals surface area contributed by atoms with E-state index in [1.165, 1.54) is 27.9 Å². The van der Waals surface area contributed by atoms with E-state index in [4.69, 9.17) is 16.3 Å². The minimum absolute atomic E-state index is 0.00538. The van der Waals surface area contributed by atoms with Gasteiger partial charge in [0.25, 0.3) is 11.5 Å². The van der Waals surface area contributed by atoms with Gasteiger partial charge in [-0.1, -0.05) is 18.2 Å². The number of likely N-dealkylation sites (tertiary alicyclic amines) is 1. The molecule has 0 spiro atoms. The fourth-order valence-electron chi connectivity index (χ4n) is 6.03. The monoisotopic (exact) mass is 658 g/mol. The first-order valence-corrected chi connectivity index (χ1v) is 16.0. The third-order valence-electron chi connectivity index (χ3n) is 8.74. The Bertz CT molecular complexity index is 1720. The van der Waals surface area contributed by atoms with Gasteiger partial charge in [0.2, 0.25) is 0 Å². The first-order chi connectivity index (χ1) is 21.7. The molecular weight excluding hydrogens is 621 g/mol. The lowest BCUT2D eigenvalue weighted by Crippen LogP contribution is -2.44. The van der Waals surface area contributed by atoms with Crippen LogP contribution in [0.2, 0.25) is 0 Å². The molecule has 2 aliphatic rings. The molecule has 9 nitrogen and oxygen atoms in total. The second-order valence-corrected chi connectivity index (χ2v) is 13.5. The van der Waals surface area contributed by atoms with Gasteiger partial charge in [-0.25, -0.2) is 27.9 Å². The minimum atomic E-state index is -3.48. The van der Waals surface area contributed by atoms with Gasteiger partial charge < -0.3 is 15.0 Å². The van der Waals surface area contributed by atoms with Crippen LogP contribution < -0.4 is 10.9 Å². The van der Waals surface area contributed by atoms with Crippen molar-refractivity contribution in [3.8, 4) is 6.07 Å². The molecule has 1 N–H and O–H groups in total. The maximum atomic E-state index is 16.0. The van der Waals surface area contributed by atoms with E-state index in [0.29, 0.717) is 41.7 Å². The summed E-state index contributed by atoms with van der Waals surface area (Å²) in [5.41, 5.74) is -1.92. The molecule has 246 valence electrons. The number of nitrogens with zero attached hydrogens (tertiary/aromatic N) is 5. The van der Waals surface area contributed by atoms with E-state index in [-0.39, 0.29) is 49.4 Å². The number of ether oxygens (including phenoxy) is 1. The Balaban J connectivity index is 1.41. The molecule has 3 heterocycles. The number of hydrogen-bond acceptors (Lipinski definition) is 7. The second-order valence-electron chi connectivity index (χ2n) is 13.2. The zero-order chi connectivity index (χ0) is 33.4. The highest BCUT2D eigenvalue weighted by Crippen LogP contribution is 2.47. The third-order valence-corrected chi connectivity index (χ3v) is 9.01. The summed E-state index contributed by atoms with van der Waals surface area (Å²) in [7, 11) is 0. The van der Waals surface area contributed by atoms with Crippen LogP contribution >= 0.6 is 11.6 Å². The molecule has 1 saturated heterocycles. The number of amides is 1. The number of hydrogen-bond donors (Lipinski definition) is 1. The third kappa shape index (κ3) is 6.52. The molecule has 0 radical (unpaired) electrons. The van der Waals surface area contributed by atoms with Crippen molar-refractivity contribution in [3.05, 3.63) is 63.5 Å². The van der Waals surface area contributed by atoms with Gasteiger partial charge in [0, 0.05) is 42.6 Å². The molecule has 0 unspecified atom stereocenters. The highest BCUT2D eigenvalue weighted by molar-refractivity contribution is 6.17. The topological polar surface area (TPSA) is 113 Å². The highest BCUT2D eigenvalue weighted by Gasteiger charge is 2.48. The van der Waals surface area contributed by atoms with E-state index in [9.17, 15) is 14.9 Å². The summed E-state index contributed by atoms with van der Waals surface area (Å²) in [6.07, 6.45) is 2.31. The summed E-state index contributed by atoms with van der Waals surface area (Å²) < 4.78 is 54.6. The zero-order valence-corrected chi connectivity index (χ0v) is 27.1. The number of fused-ring (bicyclic) bond motifs is 1. The summed E-state index contributed by atoms with van der Waals surface area (Å²) in [4.78, 5) is 36.0. The van der Waals surface area contributed by atoms with Crippen LogP contribution in [0.15, 0.2) is 35.4 Å². The van der Waals surface area contributed by atoms with Crippen LogP contribution in [0.4, 0.5) is 23.8 Å². The number of piperidine rings is 1. The van der Waals surface area contributed by atoms with Crippen LogP contribution in [0.5, 0.6) is 0 Å². The Morgan fingerprint density at radius 1 is 1.24 bits per heavy atom. The van der Waals surface area contributed by atoms with Crippen LogP contribution in [-0.2, 0) is 22.6 Å². The van der Waals surface area contributed by atoms with Crippen LogP contribution in [0.25, 0.3) is 11.0 Å². The molecule has 1 aromatic carbocycles. The molecule has 3 aromatic rings. The van der Waals surface area contributed by atoms with Crippen molar-refractivity contribution in [1.82, 2.24) is 19.4 Å². The molecule has 2 fully saturated rings. The highest BCUT2D eigenvalue weighted by atomic mass is 35.5. The summed E-state index contributed by atoms with van der Waals surface area (Å²) in [6, 6.07) is 7.03. The van der Waals surface area contributed by atoms with Crippen molar-refractivity contribution in [2.45, 2.75) is 89.3 Å². The minimum Gasteiger partial charge on any atom is -0.444 e. The van der Waals surface area contributed by atoms with Gasteiger partial charge in [0.05, 0.1) is 28.5 Å². The predicted octanol–water partition coefficient (Wildman–Crippen LogP) is 7.03. The predicted molar refractivity (Wildman–Crippen MR) is 169 cm³/mol. The smallest absolute Gasteiger partial charge is 0.410 e. The Labute approximate surface area is 270 Å². The largest absolute Gasteiger partial charge is 0.444 e. The van der Waals surface area contributed by atoms with Gasteiger partial charge in [-0.3, -0.25) is 9.36 Å². The van der Waals surface area contributed by atoms with Crippen molar-refractivity contribution < 1.29 is 22.7 Å². The standard InChI is InChI=1S/C33H38ClF3N6O3/c1-20(41-27-23-17-25(32(18-38)11-12-32)29(44)43(14-6-13-34)28(23)40-19-39-27)22-7-5-8-24(26(22)35)33(36,37)21-9-15-42(16-10-21)30(45)46-31(2,3)4/h5,7-8,17,19-21H,6,9-16H2,1-4H3,(H,39,40,41)/t20-/m1/s1. The number of carbonyl (C=O) groups excluding carboxylic acids is 1. The molecule has 0 bridgehead atoms. The Morgan fingerprint density at radius 2 is 1.93 bits per heavy atom. The van der Waals surface area contributed by atoms with Crippen LogP contribution in [0.3, 0.4) is 0 Å². The Kier molecular flexibility index (Phi) is 9.28. The van der Waals surface area contributed by atoms with Gasteiger partial charge >= 0.3 is 6.09 Å². The molecular formula is C33H38ClF3N6O3. The summed E-state index contributed by atoms with van der Waals surface area (Å²) in [6.45, 7) is 7.30. The lowest BCUT2D eigenvalue weighted by Gasteiger charge is -2.37. The van der Waals surface area contributed by atoms with Crippen molar-refractivity contribution >= 4 is 34.5 Å². The number of benzene rings is 1. The Morgan fingerprint density at radius 3 is 2.54 bits per heavy atom. The number of aromatic nitrogens is 3. The van der Waals surface area contributed by atoms with Gasteiger partial charge in [0.1, 0.15) is 29.2 Å². The normalized spacial score (nSPS) is 17.4. The van der Waals surface area contributed by atoms with E-state index in [0.717, 1.165) is 6.07 Å².